The largest absolute Gasteiger partial charge is 0.497 e. The van der Waals surface area contributed by atoms with Gasteiger partial charge in [-0.3, -0.25) is 0 Å². The van der Waals surface area contributed by atoms with E-state index in [0.29, 0.717) is 16.3 Å². The highest BCUT2D eigenvalue weighted by molar-refractivity contribution is 7.91. The van der Waals surface area contributed by atoms with Crippen LogP contribution < -0.4 is 4.74 Å². The Morgan fingerprint density at radius 3 is 2.56 bits per heavy atom. The Kier molecular flexibility index (Phi) is 4.17. The molecule has 0 saturated heterocycles. The third kappa shape index (κ3) is 2.98. The standard InChI is InChI=1S/C13H17ClO3S/c1-17-11-7-6-10(13(14)8-11)9-18(15,16)12-4-2-3-5-12/h6-8,12H,2-5,9H2,1H3. The summed E-state index contributed by atoms with van der Waals surface area (Å²) in [6, 6.07) is 5.13. The van der Waals surface area contributed by atoms with Crippen LogP contribution in [0.2, 0.25) is 5.02 Å². The smallest absolute Gasteiger partial charge is 0.157 e. The molecule has 2 rings (SSSR count). The summed E-state index contributed by atoms with van der Waals surface area (Å²) < 4.78 is 29.5. The molecule has 0 atom stereocenters. The van der Waals surface area contributed by atoms with Crippen LogP contribution in [0.15, 0.2) is 18.2 Å². The molecular weight excluding hydrogens is 272 g/mol. The van der Waals surface area contributed by atoms with Gasteiger partial charge in [-0.05, 0) is 30.5 Å². The molecule has 0 radical (unpaired) electrons. The Morgan fingerprint density at radius 2 is 2.00 bits per heavy atom. The number of hydrogen-bond acceptors (Lipinski definition) is 3. The summed E-state index contributed by atoms with van der Waals surface area (Å²) in [5, 5.41) is 0.270. The zero-order valence-electron chi connectivity index (χ0n) is 10.4. The molecule has 0 unspecified atom stereocenters. The highest BCUT2D eigenvalue weighted by Gasteiger charge is 2.29. The monoisotopic (exact) mass is 288 g/mol. The molecule has 0 aliphatic heterocycles. The van der Waals surface area contributed by atoms with Crippen molar-refractivity contribution in [3.63, 3.8) is 0 Å². The van der Waals surface area contributed by atoms with Gasteiger partial charge in [-0.15, -0.1) is 0 Å². The van der Waals surface area contributed by atoms with Crippen molar-refractivity contribution in [1.82, 2.24) is 0 Å². The first-order chi connectivity index (χ1) is 8.53. The Labute approximate surface area is 113 Å². The zero-order chi connectivity index (χ0) is 13.2. The number of halogens is 1. The first-order valence-corrected chi connectivity index (χ1v) is 8.16. The van der Waals surface area contributed by atoms with Gasteiger partial charge >= 0.3 is 0 Å². The second kappa shape index (κ2) is 5.49. The quantitative estimate of drug-likeness (QED) is 0.854. The number of hydrogen-bond donors (Lipinski definition) is 0. The molecule has 18 heavy (non-hydrogen) atoms. The molecule has 3 nitrogen and oxygen atoms in total. The molecule has 1 saturated carbocycles. The lowest BCUT2D eigenvalue weighted by atomic mass is 10.2. The average Bonchev–Trinajstić information content (AvgIpc) is 2.86. The first kappa shape index (κ1) is 13.7. The van der Waals surface area contributed by atoms with Crippen molar-refractivity contribution in [2.24, 2.45) is 0 Å². The maximum absolute atomic E-state index is 12.2. The van der Waals surface area contributed by atoms with Crippen LogP contribution >= 0.6 is 11.6 Å². The maximum atomic E-state index is 12.2. The maximum Gasteiger partial charge on any atom is 0.157 e. The predicted octanol–water partition coefficient (Wildman–Crippen LogP) is 3.21. The number of rotatable bonds is 4. The van der Waals surface area contributed by atoms with Crippen molar-refractivity contribution >= 4 is 21.4 Å². The molecular formula is C13H17ClO3S. The van der Waals surface area contributed by atoms with E-state index in [0.717, 1.165) is 25.7 Å². The molecule has 0 amide bonds. The SMILES string of the molecule is COc1ccc(CS(=O)(=O)C2CCCC2)c(Cl)c1. The van der Waals surface area contributed by atoms with E-state index in [4.69, 9.17) is 16.3 Å². The van der Waals surface area contributed by atoms with Crippen molar-refractivity contribution < 1.29 is 13.2 Å². The van der Waals surface area contributed by atoms with Crippen molar-refractivity contribution in [3.05, 3.63) is 28.8 Å². The van der Waals surface area contributed by atoms with Gasteiger partial charge in [0.1, 0.15) is 5.75 Å². The summed E-state index contributed by atoms with van der Waals surface area (Å²) in [4.78, 5) is 0. The highest BCUT2D eigenvalue weighted by atomic mass is 35.5. The van der Waals surface area contributed by atoms with Gasteiger partial charge in [0.2, 0.25) is 0 Å². The summed E-state index contributed by atoms with van der Waals surface area (Å²) in [7, 11) is -1.52. The fourth-order valence-electron chi connectivity index (χ4n) is 2.35. The minimum atomic E-state index is -3.08. The molecule has 0 bridgehead atoms. The summed E-state index contributed by atoms with van der Waals surface area (Å²) in [6.45, 7) is 0. The average molecular weight is 289 g/mol. The Balaban J connectivity index is 2.18. The van der Waals surface area contributed by atoms with Gasteiger partial charge in [0.15, 0.2) is 9.84 Å². The van der Waals surface area contributed by atoms with Crippen molar-refractivity contribution in [3.8, 4) is 5.75 Å². The van der Waals surface area contributed by atoms with Crippen LogP contribution in [-0.4, -0.2) is 20.8 Å². The van der Waals surface area contributed by atoms with Crippen LogP contribution in [-0.2, 0) is 15.6 Å². The second-order valence-corrected chi connectivity index (χ2v) is 7.36. The molecule has 0 spiro atoms. The molecule has 0 N–H and O–H groups in total. The van der Waals surface area contributed by atoms with E-state index in [-0.39, 0.29) is 11.0 Å². The van der Waals surface area contributed by atoms with Gasteiger partial charge in [-0.2, -0.15) is 0 Å². The molecule has 0 aromatic heterocycles. The van der Waals surface area contributed by atoms with Crippen LogP contribution in [0.1, 0.15) is 31.2 Å². The second-order valence-electron chi connectivity index (χ2n) is 4.67. The molecule has 100 valence electrons. The Morgan fingerprint density at radius 1 is 1.33 bits per heavy atom. The first-order valence-electron chi connectivity index (χ1n) is 6.07. The summed E-state index contributed by atoms with van der Waals surface area (Å²) in [5.74, 6) is 0.669. The van der Waals surface area contributed by atoms with Crippen LogP contribution in [0, 0.1) is 0 Å². The summed E-state index contributed by atoms with van der Waals surface area (Å²) >= 11 is 6.08. The molecule has 1 aromatic rings. The third-order valence-electron chi connectivity index (χ3n) is 3.43. The van der Waals surface area contributed by atoms with Gasteiger partial charge in [-0.1, -0.05) is 30.5 Å². The number of ether oxygens (including phenoxy) is 1. The lowest BCUT2D eigenvalue weighted by molar-refractivity contribution is 0.414. The van der Waals surface area contributed by atoms with Gasteiger partial charge < -0.3 is 4.74 Å². The summed E-state index contributed by atoms with van der Waals surface area (Å²) in [5.41, 5.74) is 0.657. The molecule has 5 heteroatoms. The van der Waals surface area contributed by atoms with Crippen molar-refractivity contribution in [2.45, 2.75) is 36.7 Å². The molecule has 1 aliphatic rings. The predicted molar refractivity (Wildman–Crippen MR) is 72.9 cm³/mol. The van der Waals surface area contributed by atoms with E-state index in [1.54, 1.807) is 25.3 Å². The molecule has 1 aromatic carbocycles. The van der Waals surface area contributed by atoms with Gasteiger partial charge in [0.05, 0.1) is 18.1 Å². The minimum absolute atomic E-state index is 0.0283. The lowest BCUT2D eigenvalue weighted by Gasteiger charge is -2.12. The van der Waals surface area contributed by atoms with E-state index < -0.39 is 9.84 Å². The van der Waals surface area contributed by atoms with Gasteiger partial charge in [0, 0.05) is 5.02 Å². The molecule has 1 aliphatic carbocycles. The normalized spacial score (nSPS) is 17.0. The Hall–Kier alpha value is -0.740. The molecule has 1 fully saturated rings. The van der Waals surface area contributed by atoms with Crippen molar-refractivity contribution in [2.75, 3.05) is 7.11 Å². The number of methoxy groups -OCH3 is 1. The van der Waals surface area contributed by atoms with Crippen LogP contribution in [0.25, 0.3) is 0 Å². The number of benzene rings is 1. The summed E-state index contributed by atoms with van der Waals surface area (Å²) in [6.07, 6.45) is 3.60. The molecule has 0 heterocycles. The minimum Gasteiger partial charge on any atom is -0.497 e. The van der Waals surface area contributed by atoms with E-state index in [1.807, 2.05) is 0 Å². The Bertz CT molecular complexity index is 519. The van der Waals surface area contributed by atoms with Crippen LogP contribution in [0.4, 0.5) is 0 Å². The zero-order valence-corrected chi connectivity index (χ0v) is 11.9. The van der Waals surface area contributed by atoms with Gasteiger partial charge in [0.25, 0.3) is 0 Å². The topological polar surface area (TPSA) is 43.4 Å². The van der Waals surface area contributed by atoms with Gasteiger partial charge in [-0.25, -0.2) is 8.42 Å². The number of sulfone groups is 1. The van der Waals surface area contributed by atoms with Crippen LogP contribution in [0.3, 0.4) is 0 Å². The van der Waals surface area contributed by atoms with E-state index in [9.17, 15) is 8.42 Å². The lowest BCUT2D eigenvalue weighted by Crippen LogP contribution is -2.19. The van der Waals surface area contributed by atoms with E-state index in [2.05, 4.69) is 0 Å². The van der Waals surface area contributed by atoms with Crippen molar-refractivity contribution in [1.29, 1.82) is 0 Å². The fraction of sp³-hybridized carbons (Fsp3) is 0.538. The van der Waals surface area contributed by atoms with Crippen LogP contribution in [0.5, 0.6) is 5.75 Å². The third-order valence-corrected chi connectivity index (χ3v) is 5.98. The van der Waals surface area contributed by atoms with E-state index >= 15 is 0 Å². The van der Waals surface area contributed by atoms with E-state index in [1.165, 1.54) is 0 Å². The fourth-order valence-corrected chi connectivity index (χ4v) is 4.64. The highest BCUT2D eigenvalue weighted by Crippen LogP contribution is 2.30.